The maximum atomic E-state index is 13.6. The number of halogens is 1. The monoisotopic (exact) mass is 253 g/mol. The molecular formula is C10H9BFNO5. The highest BCUT2D eigenvalue weighted by Gasteiger charge is 2.29. The van der Waals surface area contributed by atoms with Crippen molar-refractivity contribution in [2.45, 2.75) is 6.61 Å². The maximum absolute atomic E-state index is 13.6. The van der Waals surface area contributed by atoms with Crippen molar-refractivity contribution in [3.05, 3.63) is 29.1 Å². The number of fused-ring (bicyclic) bond motifs is 1. The quantitative estimate of drug-likeness (QED) is 0.591. The summed E-state index contributed by atoms with van der Waals surface area (Å²) in [6.45, 7) is -0.529. The molecule has 0 spiro atoms. The van der Waals surface area contributed by atoms with E-state index >= 15 is 0 Å². The summed E-state index contributed by atoms with van der Waals surface area (Å²) < 4.78 is 18.5. The third kappa shape index (κ3) is 2.34. The number of benzene rings is 1. The first-order chi connectivity index (χ1) is 8.49. The van der Waals surface area contributed by atoms with Crippen molar-refractivity contribution < 1.29 is 28.8 Å². The Labute approximate surface area is 102 Å². The average molecular weight is 253 g/mol. The van der Waals surface area contributed by atoms with Gasteiger partial charge < -0.3 is 20.1 Å². The van der Waals surface area contributed by atoms with E-state index in [9.17, 15) is 19.0 Å². The molecule has 0 saturated heterocycles. The topological polar surface area (TPSA) is 95.9 Å². The smallest absolute Gasteiger partial charge is 0.480 e. The number of amides is 1. The second-order valence-corrected chi connectivity index (χ2v) is 3.77. The molecule has 94 valence electrons. The summed E-state index contributed by atoms with van der Waals surface area (Å²) in [7, 11) is -1.19. The molecule has 0 fully saturated rings. The van der Waals surface area contributed by atoms with E-state index in [4.69, 9.17) is 9.76 Å². The lowest BCUT2D eigenvalue weighted by Gasteiger charge is -2.06. The molecule has 6 nitrogen and oxygen atoms in total. The number of carbonyl (C=O) groups excluding carboxylic acids is 1. The maximum Gasteiger partial charge on any atom is 0.491 e. The molecule has 0 bridgehead atoms. The Morgan fingerprint density at radius 1 is 1.50 bits per heavy atom. The Morgan fingerprint density at radius 3 is 2.89 bits per heavy atom. The lowest BCUT2D eigenvalue weighted by Crippen LogP contribution is -2.33. The standard InChI is InChI=1S/C10H9BFNO5/c12-8-1-5-4-18-11(17)7(5)2-6(8)10(16)13-3-9(14)15/h1-2,17H,3-4H2,(H,13,16)(H,14,15). The van der Waals surface area contributed by atoms with E-state index in [-0.39, 0.29) is 12.2 Å². The summed E-state index contributed by atoms with van der Waals surface area (Å²) in [6.07, 6.45) is 0. The molecule has 0 radical (unpaired) electrons. The molecular weight excluding hydrogens is 244 g/mol. The van der Waals surface area contributed by atoms with Crippen LogP contribution in [0.1, 0.15) is 15.9 Å². The molecule has 0 atom stereocenters. The molecule has 2 rings (SSSR count). The van der Waals surface area contributed by atoms with Gasteiger partial charge in [-0.05, 0) is 23.2 Å². The second kappa shape index (κ2) is 4.75. The zero-order chi connectivity index (χ0) is 13.3. The van der Waals surface area contributed by atoms with E-state index in [1.54, 1.807) is 0 Å². The highest BCUT2D eigenvalue weighted by Crippen LogP contribution is 2.15. The van der Waals surface area contributed by atoms with Gasteiger partial charge in [0.2, 0.25) is 0 Å². The molecule has 1 heterocycles. The van der Waals surface area contributed by atoms with Crippen molar-refractivity contribution in [2.75, 3.05) is 6.54 Å². The minimum atomic E-state index is -1.23. The summed E-state index contributed by atoms with van der Waals surface area (Å²) in [5, 5.41) is 19.9. The molecule has 0 aromatic heterocycles. The molecule has 3 N–H and O–H groups in total. The van der Waals surface area contributed by atoms with Gasteiger partial charge >= 0.3 is 13.1 Å². The highest BCUT2D eigenvalue weighted by atomic mass is 19.1. The van der Waals surface area contributed by atoms with Gasteiger partial charge in [-0.25, -0.2) is 4.39 Å². The second-order valence-electron chi connectivity index (χ2n) is 3.77. The summed E-state index contributed by atoms with van der Waals surface area (Å²) >= 11 is 0. The predicted octanol–water partition coefficient (Wildman–Crippen LogP) is -1.14. The van der Waals surface area contributed by atoms with E-state index in [1.807, 2.05) is 5.32 Å². The van der Waals surface area contributed by atoms with E-state index in [1.165, 1.54) is 6.07 Å². The van der Waals surface area contributed by atoms with Crippen LogP contribution in [0.4, 0.5) is 4.39 Å². The van der Waals surface area contributed by atoms with Gasteiger partial charge in [0.15, 0.2) is 0 Å². The van der Waals surface area contributed by atoms with Gasteiger partial charge in [0.25, 0.3) is 5.91 Å². The third-order valence-corrected chi connectivity index (χ3v) is 2.54. The first-order valence-electron chi connectivity index (χ1n) is 5.11. The zero-order valence-electron chi connectivity index (χ0n) is 9.14. The van der Waals surface area contributed by atoms with Crippen LogP contribution in [0.3, 0.4) is 0 Å². The molecule has 0 aliphatic carbocycles. The number of carboxylic acid groups (broad SMARTS) is 1. The van der Waals surface area contributed by atoms with Crippen LogP contribution < -0.4 is 10.8 Å². The number of nitrogens with one attached hydrogen (secondary N) is 1. The Kier molecular flexibility index (Phi) is 3.31. The van der Waals surface area contributed by atoms with E-state index < -0.39 is 31.4 Å². The third-order valence-electron chi connectivity index (χ3n) is 2.54. The SMILES string of the molecule is O=C(O)CNC(=O)c1cc2c(cc1F)COB2O. The summed E-state index contributed by atoms with van der Waals surface area (Å²) in [5.41, 5.74) is 0.464. The Balaban J connectivity index is 2.26. The van der Waals surface area contributed by atoms with Gasteiger partial charge in [-0.1, -0.05) is 0 Å². The number of carboxylic acids is 1. The number of carbonyl (C=O) groups is 2. The van der Waals surface area contributed by atoms with Crippen molar-refractivity contribution in [3.8, 4) is 0 Å². The summed E-state index contributed by atoms with van der Waals surface area (Å²) in [6, 6.07) is 2.26. The van der Waals surface area contributed by atoms with Crippen LogP contribution >= 0.6 is 0 Å². The lowest BCUT2D eigenvalue weighted by molar-refractivity contribution is -0.135. The fraction of sp³-hybridized carbons (Fsp3) is 0.200. The van der Waals surface area contributed by atoms with Crippen LogP contribution in [0.15, 0.2) is 12.1 Å². The van der Waals surface area contributed by atoms with Crippen LogP contribution in [0, 0.1) is 5.82 Å². The molecule has 0 saturated carbocycles. The van der Waals surface area contributed by atoms with Crippen molar-refractivity contribution in [1.29, 1.82) is 0 Å². The largest absolute Gasteiger partial charge is 0.491 e. The molecule has 1 aliphatic heterocycles. The van der Waals surface area contributed by atoms with E-state index in [0.717, 1.165) is 6.07 Å². The van der Waals surface area contributed by atoms with Gasteiger partial charge in [0.1, 0.15) is 12.4 Å². The van der Waals surface area contributed by atoms with Crippen molar-refractivity contribution in [3.63, 3.8) is 0 Å². The van der Waals surface area contributed by atoms with E-state index in [0.29, 0.717) is 11.0 Å². The summed E-state index contributed by atoms with van der Waals surface area (Å²) in [5.74, 6) is -2.86. The fourth-order valence-corrected chi connectivity index (χ4v) is 1.67. The molecule has 1 aliphatic rings. The molecule has 1 amide bonds. The molecule has 1 aromatic rings. The van der Waals surface area contributed by atoms with Crippen molar-refractivity contribution >= 4 is 24.5 Å². The Morgan fingerprint density at radius 2 is 2.22 bits per heavy atom. The number of rotatable bonds is 3. The van der Waals surface area contributed by atoms with Crippen LogP contribution in [-0.4, -0.2) is 35.7 Å². The zero-order valence-corrected chi connectivity index (χ0v) is 9.14. The van der Waals surface area contributed by atoms with E-state index in [2.05, 4.69) is 0 Å². The van der Waals surface area contributed by atoms with Gasteiger partial charge in [0.05, 0.1) is 12.2 Å². The first kappa shape index (κ1) is 12.5. The fourth-order valence-electron chi connectivity index (χ4n) is 1.67. The lowest BCUT2D eigenvalue weighted by atomic mass is 9.78. The van der Waals surface area contributed by atoms with Crippen LogP contribution in [0.5, 0.6) is 0 Å². The normalized spacial score (nSPS) is 13.3. The van der Waals surface area contributed by atoms with Crippen LogP contribution in [0.2, 0.25) is 0 Å². The predicted molar refractivity (Wildman–Crippen MR) is 58.8 cm³/mol. The number of hydrogen-bond acceptors (Lipinski definition) is 4. The molecule has 0 unspecified atom stereocenters. The number of aliphatic carboxylic acids is 1. The average Bonchev–Trinajstić information content (AvgIpc) is 2.66. The molecule has 18 heavy (non-hydrogen) atoms. The first-order valence-corrected chi connectivity index (χ1v) is 5.11. The van der Waals surface area contributed by atoms with Gasteiger partial charge in [0, 0.05) is 0 Å². The Hall–Kier alpha value is -1.93. The van der Waals surface area contributed by atoms with Gasteiger partial charge in [-0.15, -0.1) is 0 Å². The van der Waals surface area contributed by atoms with Crippen molar-refractivity contribution in [1.82, 2.24) is 5.32 Å². The number of hydrogen-bond donors (Lipinski definition) is 3. The highest BCUT2D eigenvalue weighted by molar-refractivity contribution is 6.61. The summed E-state index contributed by atoms with van der Waals surface area (Å²) in [4.78, 5) is 21.8. The molecule has 1 aromatic carbocycles. The minimum absolute atomic E-state index is 0.0739. The van der Waals surface area contributed by atoms with Crippen LogP contribution in [0.25, 0.3) is 0 Å². The van der Waals surface area contributed by atoms with Crippen LogP contribution in [-0.2, 0) is 16.1 Å². The minimum Gasteiger partial charge on any atom is -0.480 e. The molecule has 8 heteroatoms. The van der Waals surface area contributed by atoms with Crippen molar-refractivity contribution in [2.24, 2.45) is 0 Å². The van der Waals surface area contributed by atoms with Gasteiger partial charge in [-0.2, -0.15) is 0 Å². The van der Waals surface area contributed by atoms with Gasteiger partial charge in [-0.3, -0.25) is 9.59 Å². The Bertz CT molecular complexity index is 521.